The van der Waals surface area contributed by atoms with E-state index < -0.39 is 0 Å². The monoisotopic (exact) mass is 207 g/mol. The molecule has 1 atom stereocenters. The van der Waals surface area contributed by atoms with Gasteiger partial charge in [0.05, 0.1) is 0 Å². The molecule has 1 rings (SSSR count). The topological polar surface area (TPSA) is 32.3 Å². The SMILES string of the molecule is Cc1ccc([C@@H](C)NCCCO)cc1C. The first-order valence-corrected chi connectivity index (χ1v) is 5.56. The van der Waals surface area contributed by atoms with Crippen LogP contribution >= 0.6 is 0 Å². The Morgan fingerprint density at radius 1 is 1.27 bits per heavy atom. The van der Waals surface area contributed by atoms with Crippen LogP contribution in [0.25, 0.3) is 0 Å². The fourth-order valence-electron chi connectivity index (χ4n) is 1.55. The van der Waals surface area contributed by atoms with Gasteiger partial charge in [-0.2, -0.15) is 0 Å². The van der Waals surface area contributed by atoms with Gasteiger partial charge < -0.3 is 10.4 Å². The summed E-state index contributed by atoms with van der Waals surface area (Å²) in [6.45, 7) is 7.54. The maximum absolute atomic E-state index is 8.69. The van der Waals surface area contributed by atoms with E-state index in [9.17, 15) is 0 Å². The Kier molecular flexibility index (Phi) is 4.79. The summed E-state index contributed by atoms with van der Waals surface area (Å²) < 4.78 is 0. The third kappa shape index (κ3) is 3.65. The van der Waals surface area contributed by atoms with Crippen LogP contribution in [0.3, 0.4) is 0 Å². The molecule has 0 spiro atoms. The molecule has 0 aliphatic heterocycles. The van der Waals surface area contributed by atoms with E-state index in [4.69, 9.17) is 5.11 Å². The van der Waals surface area contributed by atoms with E-state index in [0.717, 1.165) is 13.0 Å². The van der Waals surface area contributed by atoms with Crippen LogP contribution in [0.15, 0.2) is 18.2 Å². The molecule has 0 unspecified atom stereocenters. The number of aryl methyl sites for hydroxylation is 2. The van der Waals surface area contributed by atoms with Crippen LogP contribution in [0.1, 0.15) is 36.1 Å². The summed E-state index contributed by atoms with van der Waals surface area (Å²) in [5.41, 5.74) is 3.99. The molecule has 15 heavy (non-hydrogen) atoms. The maximum atomic E-state index is 8.69. The summed E-state index contributed by atoms with van der Waals surface area (Å²) in [5.74, 6) is 0. The molecule has 2 N–H and O–H groups in total. The molecule has 0 saturated heterocycles. The average Bonchev–Trinajstić information content (AvgIpc) is 2.22. The van der Waals surface area contributed by atoms with E-state index in [1.165, 1.54) is 16.7 Å². The lowest BCUT2D eigenvalue weighted by atomic mass is 10.0. The number of nitrogens with one attached hydrogen (secondary N) is 1. The lowest BCUT2D eigenvalue weighted by Gasteiger charge is -2.15. The molecule has 0 amide bonds. The van der Waals surface area contributed by atoms with E-state index in [0.29, 0.717) is 6.04 Å². The van der Waals surface area contributed by atoms with Crippen molar-refractivity contribution in [2.24, 2.45) is 0 Å². The molecule has 2 heteroatoms. The lowest BCUT2D eigenvalue weighted by molar-refractivity contribution is 0.284. The van der Waals surface area contributed by atoms with Crippen LogP contribution in [0, 0.1) is 13.8 Å². The average molecular weight is 207 g/mol. The Labute approximate surface area is 92.3 Å². The molecule has 1 aromatic rings. The van der Waals surface area contributed by atoms with Crippen LogP contribution in [-0.2, 0) is 0 Å². The van der Waals surface area contributed by atoms with Crippen LogP contribution in [-0.4, -0.2) is 18.3 Å². The first kappa shape index (κ1) is 12.2. The van der Waals surface area contributed by atoms with E-state index in [-0.39, 0.29) is 6.61 Å². The van der Waals surface area contributed by atoms with Crippen molar-refractivity contribution in [3.8, 4) is 0 Å². The third-order valence-corrected chi connectivity index (χ3v) is 2.82. The molecule has 0 heterocycles. The quantitative estimate of drug-likeness (QED) is 0.726. The number of rotatable bonds is 5. The van der Waals surface area contributed by atoms with Crippen molar-refractivity contribution in [2.75, 3.05) is 13.2 Å². The molecular weight excluding hydrogens is 186 g/mol. The minimum atomic E-state index is 0.257. The van der Waals surface area contributed by atoms with Gasteiger partial charge in [0.2, 0.25) is 0 Å². The first-order valence-electron chi connectivity index (χ1n) is 5.56. The zero-order chi connectivity index (χ0) is 11.3. The van der Waals surface area contributed by atoms with Gasteiger partial charge >= 0.3 is 0 Å². The molecular formula is C13H21NO. The van der Waals surface area contributed by atoms with Crippen molar-refractivity contribution in [3.63, 3.8) is 0 Å². The van der Waals surface area contributed by atoms with Gasteiger partial charge in [-0.05, 0) is 50.4 Å². The summed E-state index contributed by atoms with van der Waals surface area (Å²) in [6, 6.07) is 6.91. The Hall–Kier alpha value is -0.860. The number of benzene rings is 1. The third-order valence-electron chi connectivity index (χ3n) is 2.82. The highest BCUT2D eigenvalue weighted by Gasteiger charge is 2.04. The summed E-state index contributed by atoms with van der Waals surface area (Å²) in [4.78, 5) is 0. The summed E-state index contributed by atoms with van der Waals surface area (Å²) in [7, 11) is 0. The number of hydrogen-bond donors (Lipinski definition) is 2. The smallest absolute Gasteiger partial charge is 0.0443 e. The second-order valence-corrected chi connectivity index (χ2v) is 4.10. The second-order valence-electron chi connectivity index (χ2n) is 4.10. The maximum Gasteiger partial charge on any atom is 0.0443 e. The second kappa shape index (κ2) is 5.89. The standard InChI is InChI=1S/C13H21NO/c1-10-5-6-13(9-11(10)2)12(3)14-7-4-8-15/h5-6,9,12,14-15H,4,7-8H2,1-3H3/t12-/m1/s1. The van der Waals surface area contributed by atoms with Crippen LogP contribution in [0.5, 0.6) is 0 Å². The van der Waals surface area contributed by atoms with Crippen LogP contribution in [0.4, 0.5) is 0 Å². The minimum Gasteiger partial charge on any atom is -0.396 e. The largest absolute Gasteiger partial charge is 0.396 e. The molecule has 84 valence electrons. The van der Waals surface area contributed by atoms with E-state index in [1.807, 2.05) is 0 Å². The highest BCUT2D eigenvalue weighted by atomic mass is 16.3. The zero-order valence-corrected chi connectivity index (χ0v) is 9.88. The predicted octanol–water partition coefficient (Wildman–Crippen LogP) is 2.34. The molecule has 2 nitrogen and oxygen atoms in total. The van der Waals surface area contributed by atoms with Crippen LogP contribution in [0.2, 0.25) is 0 Å². The minimum absolute atomic E-state index is 0.257. The van der Waals surface area contributed by atoms with Gasteiger partial charge in [0.1, 0.15) is 0 Å². The Bertz CT molecular complexity index is 309. The summed E-state index contributed by atoms with van der Waals surface area (Å²) in [6.07, 6.45) is 0.815. The Morgan fingerprint density at radius 3 is 2.60 bits per heavy atom. The Morgan fingerprint density at radius 2 is 2.00 bits per heavy atom. The van der Waals surface area contributed by atoms with Gasteiger partial charge in [0.15, 0.2) is 0 Å². The first-order chi connectivity index (χ1) is 7.15. The number of aliphatic hydroxyl groups excluding tert-OH is 1. The van der Waals surface area contributed by atoms with Crippen molar-refractivity contribution in [1.29, 1.82) is 0 Å². The molecule has 0 fully saturated rings. The normalized spacial score (nSPS) is 12.8. The highest BCUT2D eigenvalue weighted by molar-refractivity contribution is 5.31. The van der Waals surface area contributed by atoms with Crippen molar-refractivity contribution >= 4 is 0 Å². The fourth-order valence-corrected chi connectivity index (χ4v) is 1.55. The van der Waals surface area contributed by atoms with E-state index >= 15 is 0 Å². The molecule has 0 aliphatic rings. The van der Waals surface area contributed by atoms with Crippen molar-refractivity contribution in [2.45, 2.75) is 33.2 Å². The molecule has 0 radical (unpaired) electrons. The highest BCUT2D eigenvalue weighted by Crippen LogP contribution is 2.16. The fraction of sp³-hybridized carbons (Fsp3) is 0.538. The molecule has 0 aliphatic carbocycles. The van der Waals surface area contributed by atoms with Gasteiger partial charge in [-0.3, -0.25) is 0 Å². The molecule has 0 aromatic heterocycles. The molecule has 0 bridgehead atoms. The summed E-state index contributed by atoms with van der Waals surface area (Å²) >= 11 is 0. The van der Waals surface area contributed by atoms with Gasteiger partial charge in [-0.1, -0.05) is 18.2 Å². The van der Waals surface area contributed by atoms with E-state index in [2.05, 4.69) is 44.3 Å². The molecule has 1 aromatic carbocycles. The van der Waals surface area contributed by atoms with E-state index in [1.54, 1.807) is 0 Å². The number of hydrogen-bond acceptors (Lipinski definition) is 2. The van der Waals surface area contributed by atoms with Crippen molar-refractivity contribution in [3.05, 3.63) is 34.9 Å². The van der Waals surface area contributed by atoms with Crippen LogP contribution < -0.4 is 5.32 Å². The van der Waals surface area contributed by atoms with Gasteiger partial charge in [-0.15, -0.1) is 0 Å². The van der Waals surface area contributed by atoms with Gasteiger partial charge in [-0.25, -0.2) is 0 Å². The van der Waals surface area contributed by atoms with Crippen molar-refractivity contribution < 1.29 is 5.11 Å². The summed E-state index contributed by atoms with van der Waals surface area (Å²) in [5, 5.41) is 12.1. The predicted molar refractivity (Wildman–Crippen MR) is 64.0 cm³/mol. The van der Waals surface area contributed by atoms with Gasteiger partial charge in [0, 0.05) is 12.6 Å². The Balaban J connectivity index is 2.57. The molecule has 0 saturated carbocycles. The number of aliphatic hydroxyl groups is 1. The lowest BCUT2D eigenvalue weighted by Crippen LogP contribution is -2.20. The van der Waals surface area contributed by atoms with Gasteiger partial charge in [0.25, 0.3) is 0 Å². The zero-order valence-electron chi connectivity index (χ0n) is 9.88. The van der Waals surface area contributed by atoms with Crippen molar-refractivity contribution in [1.82, 2.24) is 5.32 Å².